The number of rotatable bonds is 7. The maximum Gasteiger partial charge on any atom is 0.257 e. The summed E-state index contributed by atoms with van der Waals surface area (Å²) in [5, 5.41) is 0. The molecular weight excluding hydrogens is 342 g/mol. The van der Waals surface area contributed by atoms with E-state index in [0.717, 1.165) is 19.4 Å². The van der Waals surface area contributed by atoms with Gasteiger partial charge in [-0.1, -0.05) is 36.4 Å². The molecule has 5 nitrogen and oxygen atoms in total. The minimum atomic E-state index is -0.0153. The molecule has 1 saturated heterocycles. The first-order valence-corrected chi connectivity index (χ1v) is 9.35. The van der Waals surface area contributed by atoms with Gasteiger partial charge in [0.05, 0.1) is 33.0 Å². The number of carbonyl (C=O) groups excluding carboxylic acids is 1. The molecule has 0 radical (unpaired) electrons. The third-order valence-electron chi connectivity index (χ3n) is 4.90. The highest BCUT2D eigenvalue weighted by atomic mass is 16.5. The van der Waals surface area contributed by atoms with E-state index in [4.69, 9.17) is 14.2 Å². The van der Waals surface area contributed by atoms with Crippen molar-refractivity contribution in [3.63, 3.8) is 0 Å². The second-order valence-corrected chi connectivity index (χ2v) is 6.80. The molecule has 2 aromatic carbocycles. The minimum absolute atomic E-state index is 0.0153. The van der Waals surface area contributed by atoms with Crippen molar-refractivity contribution in [2.75, 3.05) is 33.9 Å². The average Bonchev–Trinajstić information content (AvgIpc) is 2.73. The summed E-state index contributed by atoms with van der Waals surface area (Å²) in [6.07, 6.45) is 2.06. The Morgan fingerprint density at radius 2 is 1.89 bits per heavy atom. The predicted molar refractivity (Wildman–Crippen MR) is 104 cm³/mol. The summed E-state index contributed by atoms with van der Waals surface area (Å²) < 4.78 is 16.6. The molecule has 1 unspecified atom stereocenters. The Morgan fingerprint density at radius 1 is 1.07 bits per heavy atom. The maximum absolute atomic E-state index is 13.0. The number of hydrogen-bond donors (Lipinski definition) is 0. The van der Waals surface area contributed by atoms with Crippen molar-refractivity contribution in [2.24, 2.45) is 5.92 Å². The van der Waals surface area contributed by atoms with Crippen LogP contribution in [-0.2, 0) is 11.3 Å². The van der Waals surface area contributed by atoms with Crippen molar-refractivity contribution in [2.45, 2.75) is 19.4 Å². The smallest absolute Gasteiger partial charge is 0.257 e. The highest BCUT2D eigenvalue weighted by Crippen LogP contribution is 2.32. The Labute approximate surface area is 160 Å². The standard InChI is InChI=1S/C22H27NO4/c1-25-20-12-6-11-19(21(20)26-2)22(24)23-13-7-10-18(14-23)16-27-15-17-8-4-3-5-9-17/h3-6,8-9,11-12,18H,7,10,13-16H2,1-2H3. The summed E-state index contributed by atoms with van der Waals surface area (Å²) in [6, 6.07) is 15.6. The molecule has 0 spiro atoms. The van der Waals surface area contributed by atoms with Crippen LogP contribution in [0.2, 0.25) is 0 Å². The summed E-state index contributed by atoms with van der Waals surface area (Å²) >= 11 is 0. The van der Waals surface area contributed by atoms with Crippen LogP contribution in [-0.4, -0.2) is 44.7 Å². The van der Waals surface area contributed by atoms with Gasteiger partial charge in [-0.05, 0) is 36.5 Å². The minimum Gasteiger partial charge on any atom is -0.493 e. The SMILES string of the molecule is COc1cccc(C(=O)N2CCCC(COCc3ccccc3)C2)c1OC. The maximum atomic E-state index is 13.0. The molecule has 144 valence electrons. The van der Waals surface area contributed by atoms with Gasteiger partial charge in [0.25, 0.3) is 5.91 Å². The fraction of sp³-hybridized carbons (Fsp3) is 0.409. The summed E-state index contributed by atoms with van der Waals surface area (Å²) in [5.74, 6) is 1.40. The molecule has 1 aliphatic heterocycles. The molecule has 0 saturated carbocycles. The number of carbonyl (C=O) groups is 1. The molecule has 1 heterocycles. The van der Waals surface area contributed by atoms with Gasteiger partial charge < -0.3 is 19.1 Å². The van der Waals surface area contributed by atoms with Gasteiger partial charge in [-0.15, -0.1) is 0 Å². The van der Waals surface area contributed by atoms with Gasteiger partial charge in [0, 0.05) is 13.1 Å². The molecule has 0 bridgehead atoms. The monoisotopic (exact) mass is 369 g/mol. The van der Waals surface area contributed by atoms with Crippen molar-refractivity contribution in [3.8, 4) is 11.5 Å². The van der Waals surface area contributed by atoms with Crippen LogP contribution in [0.4, 0.5) is 0 Å². The van der Waals surface area contributed by atoms with Gasteiger partial charge >= 0.3 is 0 Å². The van der Waals surface area contributed by atoms with Crippen LogP contribution in [0.15, 0.2) is 48.5 Å². The van der Waals surface area contributed by atoms with E-state index in [0.29, 0.717) is 42.7 Å². The van der Waals surface area contributed by atoms with E-state index in [1.165, 1.54) is 5.56 Å². The van der Waals surface area contributed by atoms with Crippen molar-refractivity contribution in [3.05, 3.63) is 59.7 Å². The van der Waals surface area contributed by atoms with Crippen LogP contribution in [0.1, 0.15) is 28.8 Å². The summed E-state index contributed by atoms with van der Waals surface area (Å²) in [7, 11) is 3.14. The number of ether oxygens (including phenoxy) is 3. The predicted octanol–water partition coefficient (Wildman–Crippen LogP) is 3.77. The molecule has 1 amide bonds. The van der Waals surface area contributed by atoms with E-state index in [9.17, 15) is 4.79 Å². The molecule has 0 N–H and O–H groups in total. The number of nitrogens with zero attached hydrogens (tertiary/aromatic N) is 1. The van der Waals surface area contributed by atoms with E-state index < -0.39 is 0 Å². The third-order valence-corrected chi connectivity index (χ3v) is 4.90. The quantitative estimate of drug-likeness (QED) is 0.745. The van der Waals surface area contributed by atoms with Crippen LogP contribution >= 0.6 is 0 Å². The molecule has 1 fully saturated rings. The van der Waals surface area contributed by atoms with Crippen molar-refractivity contribution >= 4 is 5.91 Å². The molecule has 1 atom stereocenters. The number of para-hydroxylation sites is 1. The van der Waals surface area contributed by atoms with Crippen LogP contribution < -0.4 is 9.47 Å². The lowest BCUT2D eigenvalue weighted by molar-refractivity contribution is 0.0423. The first-order valence-electron chi connectivity index (χ1n) is 9.35. The average molecular weight is 369 g/mol. The normalized spacial score (nSPS) is 16.8. The molecule has 2 aromatic rings. The lowest BCUT2D eigenvalue weighted by Crippen LogP contribution is -2.41. The third kappa shape index (κ3) is 4.80. The first-order chi connectivity index (χ1) is 13.2. The molecule has 5 heteroatoms. The Hall–Kier alpha value is -2.53. The number of piperidine rings is 1. The second-order valence-electron chi connectivity index (χ2n) is 6.80. The topological polar surface area (TPSA) is 48.0 Å². The fourth-order valence-corrected chi connectivity index (χ4v) is 3.53. The Bertz CT molecular complexity index is 747. The number of hydrogen-bond acceptors (Lipinski definition) is 4. The highest BCUT2D eigenvalue weighted by molar-refractivity contribution is 5.97. The van der Waals surface area contributed by atoms with E-state index in [1.54, 1.807) is 26.4 Å². The van der Waals surface area contributed by atoms with E-state index >= 15 is 0 Å². The second kappa shape index (κ2) is 9.42. The Morgan fingerprint density at radius 3 is 2.63 bits per heavy atom. The largest absolute Gasteiger partial charge is 0.493 e. The Balaban J connectivity index is 1.60. The number of benzene rings is 2. The van der Waals surface area contributed by atoms with Gasteiger partial charge in [-0.2, -0.15) is 0 Å². The van der Waals surface area contributed by atoms with Crippen molar-refractivity contribution in [1.82, 2.24) is 4.90 Å². The molecule has 0 aliphatic carbocycles. The van der Waals surface area contributed by atoms with Crippen molar-refractivity contribution < 1.29 is 19.0 Å². The zero-order valence-corrected chi connectivity index (χ0v) is 16.0. The van der Waals surface area contributed by atoms with Crippen LogP contribution in [0.3, 0.4) is 0 Å². The number of amides is 1. The van der Waals surface area contributed by atoms with Gasteiger partial charge in [0.15, 0.2) is 11.5 Å². The zero-order valence-electron chi connectivity index (χ0n) is 16.0. The van der Waals surface area contributed by atoms with Crippen LogP contribution in [0, 0.1) is 5.92 Å². The Kier molecular flexibility index (Phi) is 6.71. The van der Waals surface area contributed by atoms with E-state index in [-0.39, 0.29) is 5.91 Å². The lowest BCUT2D eigenvalue weighted by Gasteiger charge is -2.33. The van der Waals surface area contributed by atoms with Gasteiger partial charge in [0.2, 0.25) is 0 Å². The summed E-state index contributed by atoms with van der Waals surface area (Å²) in [4.78, 5) is 14.9. The molecular formula is C22H27NO4. The lowest BCUT2D eigenvalue weighted by atomic mass is 9.98. The molecule has 3 rings (SSSR count). The number of methoxy groups -OCH3 is 2. The molecule has 0 aromatic heterocycles. The zero-order chi connectivity index (χ0) is 19.1. The van der Waals surface area contributed by atoms with Gasteiger partial charge in [-0.3, -0.25) is 4.79 Å². The van der Waals surface area contributed by atoms with E-state index in [1.807, 2.05) is 29.2 Å². The van der Waals surface area contributed by atoms with Gasteiger partial charge in [-0.25, -0.2) is 0 Å². The first kappa shape index (κ1) is 19.2. The van der Waals surface area contributed by atoms with Crippen LogP contribution in [0.25, 0.3) is 0 Å². The van der Waals surface area contributed by atoms with Crippen LogP contribution in [0.5, 0.6) is 11.5 Å². The van der Waals surface area contributed by atoms with Gasteiger partial charge in [0.1, 0.15) is 0 Å². The fourth-order valence-electron chi connectivity index (χ4n) is 3.53. The van der Waals surface area contributed by atoms with Crippen molar-refractivity contribution in [1.29, 1.82) is 0 Å². The van der Waals surface area contributed by atoms with E-state index in [2.05, 4.69) is 12.1 Å². The molecule has 27 heavy (non-hydrogen) atoms. The highest BCUT2D eigenvalue weighted by Gasteiger charge is 2.27. The number of likely N-dealkylation sites (tertiary alicyclic amines) is 1. The summed E-state index contributed by atoms with van der Waals surface area (Å²) in [5.41, 5.74) is 1.71. The molecule has 1 aliphatic rings. The summed E-state index contributed by atoms with van der Waals surface area (Å²) in [6.45, 7) is 2.73.